The van der Waals surface area contributed by atoms with Gasteiger partial charge in [-0.1, -0.05) is 11.8 Å². The molecule has 4 nitrogen and oxygen atoms in total. The number of carbonyl (C=O) groups is 2. The molecule has 0 saturated heterocycles. The molecule has 2 aromatic rings. The summed E-state index contributed by atoms with van der Waals surface area (Å²) in [6.07, 6.45) is 0. The van der Waals surface area contributed by atoms with Gasteiger partial charge in [-0.25, -0.2) is 9.18 Å². The van der Waals surface area contributed by atoms with Gasteiger partial charge in [0.05, 0.1) is 16.8 Å². The Morgan fingerprint density at radius 3 is 2.70 bits per heavy atom. The van der Waals surface area contributed by atoms with E-state index in [1.165, 1.54) is 42.1 Å². The Hall–Kier alpha value is -2.34. The molecule has 1 heterocycles. The van der Waals surface area contributed by atoms with Crippen molar-refractivity contribution in [2.75, 3.05) is 5.32 Å². The minimum atomic E-state index is -1.07. The molecule has 0 aromatic heterocycles. The zero-order valence-corrected chi connectivity index (χ0v) is 10.8. The quantitative estimate of drug-likeness (QED) is 0.845. The average Bonchev–Trinajstić information content (AvgIpc) is 2.53. The van der Waals surface area contributed by atoms with E-state index in [1.807, 2.05) is 0 Å². The van der Waals surface area contributed by atoms with Gasteiger partial charge < -0.3 is 10.4 Å². The number of halogens is 1. The number of benzene rings is 2. The number of anilines is 1. The van der Waals surface area contributed by atoms with Gasteiger partial charge in [-0.3, -0.25) is 4.79 Å². The van der Waals surface area contributed by atoms with Crippen LogP contribution in [-0.4, -0.2) is 17.0 Å². The molecule has 0 radical (unpaired) electrons. The van der Waals surface area contributed by atoms with Crippen LogP contribution in [0.2, 0.25) is 0 Å². The van der Waals surface area contributed by atoms with Crippen LogP contribution in [0.25, 0.3) is 0 Å². The highest BCUT2D eigenvalue weighted by Crippen LogP contribution is 2.39. The van der Waals surface area contributed by atoms with Crippen molar-refractivity contribution in [2.45, 2.75) is 9.79 Å². The number of carboxylic acids is 1. The second-order valence-electron chi connectivity index (χ2n) is 4.21. The number of carboxylic acid groups (broad SMARTS) is 1. The van der Waals surface area contributed by atoms with Crippen LogP contribution in [0.5, 0.6) is 0 Å². The van der Waals surface area contributed by atoms with E-state index in [0.29, 0.717) is 21.0 Å². The SMILES string of the molecule is O=C(O)c1ccc2c(c1)NC(=O)c1ccc(F)cc1S2. The predicted octanol–water partition coefficient (Wildman–Crippen LogP) is 3.24. The Bertz CT molecular complexity index is 745. The van der Waals surface area contributed by atoms with Gasteiger partial charge in [0.15, 0.2) is 0 Å². The number of fused-ring (bicyclic) bond motifs is 2. The number of hydrogen-bond acceptors (Lipinski definition) is 3. The second-order valence-corrected chi connectivity index (χ2v) is 5.30. The summed E-state index contributed by atoms with van der Waals surface area (Å²) in [7, 11) is 0. The normalized spacial score (nSPS) is 12.9. The molecule has 3 rings (SSSR count). The molecule has 1 aliphatic rings. The van der Waals surface area contributed by atoms with Crippen molar-refractivity contribution in [3.05, 3.63) is 53.3 Å². The second kappa shape index (κ2) is 4.64. The van der Waals surface area contributed by atoms with Crippen LogP contribution in [0.15, 0.2) is 46.2 Å². The lowest BCUT2D eigenvalue weighted by molar-refractivity contribution is 0.0696. The summed E-state index contributed by atoms with van der Waals surface area (Å²) in [5.41, 5.74) is 0.864. The van der Waals surface area contributed by atoms with Crippen LogP contribution in [-0.2, 0) is 0 Å². The van der Waals surface area contributed by atoms with E-state index in [-0.39, 0.29) is 11.5 Å². The number of carbonyl (C=O) groups excluding carboxylic acids is 1. The molecule has 0 saturated carbocycles. The van der Waals surface area contributed by atoms with E-state index in [2.05, 4.69) is 5.32 Å². The summed E-state index contributed by atoms with van der Waals surface area (Å²) in [6.45, 7) is 0. The molecule has 20 heavy (non-hydrogen) atoms. The molecule has 0 atom stereocenters. The Balaban J connectivity index is 2.12. The van der Waals surface area contributed by atoms with E-state index in [4.69, 9.17) is 5.11 Å². The maximum absolute atomic E-state index is 13.3. The van der Waals surface area contributed by atoms with Crippen molar-refractivity contribution in [3.8, 4) is 0 Å². The topological polar surface area (TPSA) is 66.4 Å². The molecule has 0 unspecified atom stereocenters. The maximum Gasteiger partial charge on any atom is 0.335 e. The van der Waals surface area contributed by atoms with Gasteiger partial charge in [0, 0.05) is 9.79 Å². The van der Waals surface area contributed by atoms with Crippen molar-refractivity contribution < 1.29 is 19.1 Å². The molecule has 2 N–H and O–H groups in total. The highest BCUT2D eigenvalue weighted by Gasteiger charge is 2.21. The van der Waals surface area contributed by atoms with Gasteiger partial charge >= 0.3 is 5.97 Å². The molecule has 1 amide bonds. The molecule has 0 fully saturated rings. The van der Waals surface area contributed by atoms with Crippen molar-refractivity contribution in [1.29, 1.82) is 0 Å². The van der Waals surface area contributed by atoms with Gasteiger partial charge in [0.25, 0.3) is 5.91 Å². The zero-order valence-electron chi connectivity index (χ0n) is 10.0. The maximum atomic E-state index is 13.3. The molecule has 0 aliphatic carbocycles. The van der Waals surface area contributed by atoms with Crippen molar-refractivity contribution >= 4 is 29.3 Å². The fourth-order valence-corrected chi connectivity index (χ4v) is 2.96. The van der Waals surface area contributed by atoms with Crippen molar-refractivity contribution in [3.63, 3.8) is 0 Å². The molecule has 2 aromatic carbocycles. The Morgan fingerprint density at radius 1 is 1.15 bits per heavy atom. The number of rotatable bonds is 1. The lowest BCUT2D eigenvalue weighted by atomic mass is 10.1. The highest BCUT2D eigenvalue weighted by molar-refractivity contribution is 7.99. The number of hydrogen-bond donors (Lipinski definition) is 2. The van der Waals surface area contributed by atoms with E-state index in [1.54, 1.807) is 6.07 Å². The first-order valence-electron chi connectivity index (χ1n) is 5.71. The number of aromatic carboxylic acids is 1. The van der Waals surface area contributed by atoms with Crippen LogP contribution in [0.1, 0.15) is 20.7 Å². The van der Waals surface area contributed by atoms with E-state index >= 15 is 0 Å². The van der Waals surface area contributed by atoms with Crippen LogP contribution >= 0.6 is 11.8 Å². The van der Waals surface area contributed by atoms with E-state index in [0.717, 1.165) is 0 Å². The van der Waals surface area contributed by atoms with Crippen LogP contribution in [0.3, 0.4) is 0 Å². The Kier molecular flexibility index (Phi) is 2.94. The molecule has 0 spiro atoms. The summed E-state index contributed by atoms with van der Waals surface area (Å²) in [5, 5.41) is 11.6. The van der Waals surface area contributed by atoms with Crippen LogP contribution < -0.4 is 5.32 Å². The molecular weight excluding hydrogens is 281 g/mol. The first-order chi connectivity index (χ1) is 9.54. The standard InChI is InChI=1S/C14H8FNO3S/c15-8-2-3-9-12(6-8)20-11-4-1-7(14(18)19)5-10(11)16-13(9)17/h1-6H,(H,16,17)(H,18,19). The molecule has 100 valence electrons. The van der Waals surface area contributed by atoms with Crippen molar-refractivity contribution in [1.82, 2.24) is 0 Å². The first kappa shape index (κ1) is 12.7. The first-order valence-corrected chi connectivity index (χ1v) is 6.52. The van der Waals surface area contributed by atoms with Crippen LogP contribution in [0.4, 0.5) is 10.1 Å². The lowest BCUT2D eigenvalue weighted by Crippen LogP contribution is -2.12. The Labute approximate surface area is 117 Å². The third kappa shape index (κ3) is 2.14. The number of amides is 1. The van der Waals surface area contributed by atoms with Gasteiger partial charge in [-0.05, 0) is 36.4 Å². The largest absolute Gasteiger partial charge is 0.478 e. The fourth-order valence-electron chi connectivity index (χ4n) is 1.93. The minimum absolute atomic E-state index is 0.0850. The summed E-state index contributed by atoms with van der Waals surface area (Å²) >= 11 is 1.23. The molecule has 1 aliphatic heterocycles. The molecule has 0 bridgehead atoms. The molecular formula is C14H8FNO3S. The summed E-state index contributed by atoms with van der Waals surface area (Å²) in [5.74, 6) is -1.87. The third-order valence-electron chi connectivity index (χ3n) is 2.88. The summed E-state index contributed by atoms with van der Waals surface area (Å²) < 4.78 is 13.3. The Morgan fingerprint density at radius 2 is 1.95 bits per heavy atom. The predicted molar refractivity (Wildman–Crippen MR) is 71.9 cm³/mol. The van der Waals surface area contributed by atoms with Crippen molar-refractivity contribution in [2.24, 2.45) is 0 Å². The highest BCUT2D eigenvalue weighted by atomic mass is 32.2. The monoisotopic (exact) mass is 289 g/mol. The van der Waals surface area contributed by atoms with Gasteiger partial charge in [0.1, 0.15) is 5.82 Å². The number of nitrogens with one attached hydrogen (secondary N) is 1. The third-order valence-corrected chi connectivity index (χ3v) is 4.02. The van der Waals surface area contributed by atoms with Gasteiger partial charge in [0.2, 0.25) is 0 Å². The summed E-state index contributed by atoms with van der Waals surface area (Å²) in [4.78, 5) is 24.2. The van der Waals surface area contributed by atoms with Crippen LogP contribution in [0, 0.1) is 5.82 Å². The van der Waals surface area contributed by atoms with Gasteiger partial charge in [-0.15, -0.1) is 0 Å². The molecule has 6 heteroatoms. The fraction of sp³-hybridized carbons (Fsp3) is 0. The minimum Gasteiger partial charge on any atom is -0.478 e. The van der Waals surface area contributed by atoms with E-state index in [9.17, 15) is 14.0 Å². The summed E-state index contributed by atoms with van der Waals surface area (Å²) in [6, 6.07) is 8.37. The lowest BCUT2D eigenvalue weighted by Gasteiger charge is -2.06. The van der Waals surface area contributed by atoms with Gasteiger partial charge in [-0.2, -0.15) is 0 Å². The average molecular weight is 289 g/mol. The van der Waals surface area contributed by atoms with E-state index < -0.39 is 11.8 Å². The smallest absolute Gasteiger partial charge is 0.335 e. The zero-order chi connectivity index (χ0) is 14.3.